The molecule has 216 valence electrons. The molecule has 0 saturated heterocycles. The summed E-state index contributed by atoms with van der Waals surface area (Å²) >= 11 is 0. The van der Waals surface area contributed by atoms with Crippen molar-refractivity contribution in [3.63, 3.8) is 0 Å². The Labute approximate surface area is 235 Å². The van der Waals surface area contributed by atoms with Crippen LogP contribution in [0.5, 0.6) is 0 Å². The number of rotatable bonds is 10. The lowest BCUT2D eigenvalue weighted by atomic mass is 9.75. The first kappa shape index (κ1) is 29.5. The molecule has 40 heavy (non-hydrogen) atoms. The first-order valence-electron chi connectivity index (χ1n) is 13.7. The molecule has 2 aliphatic rings. The van der Waals surface area contributed by atoms with Crippen molar-refractivity contribution in [1.29, 1.82) is 0 Å². The number of carbonyl (C=O) groups is 4. The van der Waals surface area contributed by atoms with Gasteiger partial charge in [0.25, 0.3) is 0 Å². The highest BCUT2D eigenvalue weighted by Gasteiger charge is 2.42. The molecule has 0 aliphatic heterocycles. The fourth-order valence-electron chi connectivity index (χ4n) is 5.73. The van der Waals surface area contributed by atoms with Crippen LogP contribution in [0.15, 0.2) is 18.2 Å². The van der Waals surface area contributed by atoms with Gasteiger partial charge >= 0.3 is 11.9 Å². The van der Waals surface area contributed by atoms with E-state index in [2.05, 4.69) is 18.9 Å². The number of quaternary nitrogens is 1. The fraction of sp³-hybridized carbons (Fsp3) is 0.567. The monoisotopic (exact) mass is 553 g/mol. The Morgan fingerprint density at radius 1 is 1.20 bits per heavy atom. The van der Waals surface area contributed by atoms with E-state index in [1.807, 2.05) is 38.8 Å². The summed E-state index contributed by atoms with van der Waals surface area (Å²) in [4.78, 5) is 49.3. The second kappa shape index (κ2) is 10.8. The van der Waals surface area contributed by atoms with Crippen molar-refractivity contribution in [3.8, 4) is 5.69 Å². The van der Waals surface area contributed by atoms with Crippen molar-refractivity contribution in [2.75, 3.05) is 27.7 Å². The van der Waals surface area contributed by atoms with Crippen LogP contribution in [-0.2, 0) is 31.9 Å². The van der Waals surface area contributed by atoms with Crippen molar-refractivity contribution in [2.24, 2.45) is 17.1 Å². The van der Waals surface area contributed by atoms with Crippen LogP contribution in [0.4, 0.5) is 0 Å². The van der Waals surface area contributed by atoms with Gasteiger partial charge in [0.05, 0.1) is 50.2 Å². The third-order valence-electron chi connectivity index (χ3n) is 7.42. The van der Waals surface area contributed by atoms with E-state index in [0.29, 0.717) is 53.5 Å². The summed E-state index contributed by atoms with van der Waals surface area (Å²) in [5, 5.41) is 4.69. The molecule has 1 aromatic heterocycles. The van der Waals surface area contributed by atoms with Crippen molar-refractivity contribution in [3.05, 3.63) is 46.3 Å². The van der Waals surface area contributed by atoms with Gasteiger partial charge in [-0.3, -0.25) is 19.2 Å². The van der Waals surface area contributed by atoms with E-state index in [1.54, 1.807) is 12.1 Å². The van der Waals surface area contributed by atoms with Crippen LogP contribution < -0.4 is 5.73 Å². The molecule has 2 aliphatic carbocycles. The average Bonchev–Trinajstić information content (AvgIpc) is 3.40. The Morgan fingerprint density at radius 3 is 2.52 bits per heavy atom. The molecule has 2 aromatic rings. The lowest BCUT2D eigenvalue weighted by Crippen LogP contribution is -2.43. The van der Waals surface area contributed by atoms with E-state index in [1.165, 1.54) is 6.92 Å². The number of likely N-dealkylation sites (N-methyl/N-ethyl adjacent to an activating group) is 1. The average molecular weight is 554 g/mol. The zero-order valence-corrected chi connectivity index (χ0v) is 24.6. The minimum Gasteiger partial charge on any atom is -0.462 e. The smallest absolute Gasteiger partial charge is 0.310 e. The summed E-state index contributed by atoms with van der Waals surface area (Å²) < 4.78 is 13.4. The van der Waals surface area contributed by atoms with Gasteiger partial charge in [0.15, 0.2) is 11.9 Å². The minimum absolute atomic E-state index is 0.0147. The van der Waals surface area contributed by atoms with Crippen molar-refractivity contribution >= 4 is 23.6 Å². The quantitative estimate of drug-likeness (QED) is 0.354. The second-order valence-electron chi connectivity index (χ2n) is 13.1. The molecule has 1 saturated carbocycles. The Kier molecular flexibility index (Phi) is 7.95. The van der Waals surface area contributed by atoms with Crippen molar-refractivity contribution < 1.29 is 33.1 Å². The van der Waals surface area contributed by atoms with Gasteiger partial charge in [-0.2, -0.15) is 5.10 Å². The minimum atomic E-state index is -0.569. The summed E-state index contributed by atoms with van der Waals surface area (Å²) in [6.45, 7) is 7.81. The number of hydrogen-bond donors (Lipinski definition) is 1. The lowest BCUT2D eigenvalue weighted by Gasteiger charge is -2.29. The maximum absolute atomic E-state index is 12.9. The number of aromatic nitrogens is 2. The van der Waals surface area contributed by atoms with Gasteiger partial charge in [-0.25, -0.2) is 4.68 Å². The maximum Gasteiger partial charge on any atom is 0.310 e. The highest BCUT2D eigenvalue weighted by Crippen LogP contribution is 2.39. The van der Waals surface area contributed by atoms with Gasteiger partial charge in [-0.05, 0) is 55.4 Å². The van der Waals surface area contributed by atoms with Crippen LogP contribution in [0.25, 0.3) is 5.69 Å². The highest BCUT2D eigenvalue weighted by atomic mass is 16.6. The molecule has 1 fully saturated rings. The van der Waals surface area contributed by atoms with Gasteiger partial charge < -0.3 is 19.7 Å². The summed E-state index contributed by atoms with van der Waals surface area (Å²) in [5.74, 6) is -1.24. The van der Waals surface area contributed by atoms with Gasteiger partial charge in [0, 0.05) is 24.8 Å². The number of fused-ring (bicyclic) bond motifs is 1. The number of ketones is 1. The molecule has 10 nitrogen and oxygen atoms in total. The van der Waals surface area contributed by atoms with Crippen molar-refractivity contribution in [1.82, 2.24) is 9.78 Å². The molecule has 0 spiro atoms. The van der Waals surface area contributed by atoms with Crippen LogP contribution in [0, 0.1) is 18.3 Å². The highest BCUT2D eigenvalue weighted by molar-refractivity contribution is 6.00. The van der Waals surface area contributed by atoms with E-state index >= 15 is 0 Å². The Balaban J connectivity index is 1.49. The third kappa shape index (κ3) is 6.96. The molecule has 1 aromatic carbocycles. The summed E-state index contributed by atoms with van der Waals surface area (Å²) in [7, 11) is 5.88. The van der Waals surface area contributed by atoms with E-state index in [4.69, 9.17) is 15.2 Å². The van der Waals surface area contributed by atoms with Crippen LogP contribution >= 0.6 is 0 Å². The van der Waals surface area contributed by atoms with E-state index in [9.17, 15) is 19.2 Å². The third-order valence-corrected chi connectivity index (χ3v) is 7.42. The van der Waals surface area contributed by atoms with Crippen LogP contribution in [0.2, 0.25) is 0 Å². The summed E-state index contributed by atoms with van der Waals surface area (Å²) in [5.41, 5.74) is 9.70. The predicted octanol–water partition coefficient (Wildman–Crippen LogP) is 2.94. The molecule has 1 heterocycles. The zero-order valence-electron chi connectivity index (χ0n) is 24.6. The molecule has 4 rings (SSSR count). The molecule has 3 atom stereocenters. The lowest BCUT2D eigenvalue weighted by molar-refractivity contribution is -0.873. The zero-order chi connectivity index (χ0) is 29.6. The van der Waals surface area contributed by atoms with Gasteiger partial charge in [0.2, 0.25) is 5.91 Å². The number of aryl methyl sites for hydroxylation is 1. The van der Waals surface area contributed by atoms with Crippen LogP contribution in [0.3, 0.4) is 0 Å². The number of carbonyl (C=O) groups excluding carboxylic acids is 4. The first-order valence-corrected chi connectivity index (χ1v) is 13.7. The number of amides is 1. The van der Waals surface area contributed by atoms with Crippen LogP contribution in [0.1, 0.15) is 77.7 Å². The van der Waals surface area contributed by atoms with Gasteiger partial charge in [0.1, 0.15) is 12.6 Å². The Bertz CT molecular complexity index is 1350. The Hall–Kier alpha value is -3.53. The molecule has 3 unspecified atom stereocenters. The number of nitrogens with two attached hydrogens (primary N) is 1. The number of ether oxygens (including phenoxy) is 2. The number of benzene rings is 1. The fourth-order valence-corrected chi connectivity index (χ4v) is 5.73. The van der Waals surface area contributed by atoms with Gasteiger partial charge in [-0.15, -0.1) is 0 Å². The van der Waals surface area contributed by atoms with Crippen LogP contribution in [-0.4, -0.2) is 77.8 Å². The standard InChI is InChI=1S/C30H40N4O6/c1-17-28-24(14-30(3,4)15-25(28)36)33(32-17)21-8-9-23(29(31)38)19(11-21)10-20-12-26(20)40-27(37)13-22(39-18(2)35)16-34(5,6)7/h8-9,11,20,22,26H,10,12-16H2,1-7H3,(H-,31,38)/p+1. The van der Waals surface area contributed by atoms with E-state index in [0.717, 1.165) is 16.9 Å². The molecule has 0 radical (unpaired) electrons. The Morgan fingerprint density at radius 2 is 1.90 bits per heavy atom. The first-order chi connectivity index (χ1) is 18.5. The topological polar surface area (TPSA) is 131 Å². The second-order valence-corrected chi connectivity index (χ2v) is 13.1. The van der Waals surface area contributed by atoms with E-state index < -0.39 is 23.9 Å². The molecule has 2 N–H and O–H groups in total. The number of primary amides is 1. The van der Waals surface area contributed by atoms with Gasteiger partial charge in [-0.1, -0.05) is 13.8 Å². The predicted molar refractivity (Wildman–Crippen MR) is 148 cm³/mol. The maximum atomic E-state index is 12.9. The van der Waals surface area contributed by atoms with Crippen molar-refractivity contribution in [2.45, 2.75) is 72.0 Å². The van der Waals surface area contributed by atoms with E-state index in [-0.39, 0.29) is 29.6 Å². The summed E-state index contributed by atoms with van der Waals surface area (Å²) in [6.07, 6.45) is 1.50. The molecule has 10 heteroatoms. The molecular formula is C30H41N4O6+. The number of Topliss-reactive ketones (excluding diaryl/α,β-unsaturated/α-hetero) is 1. The SMILES string of the molecule is CC(=O)OC(CC(=O)OC1CC1Cc1cc(-n2nc(C)c3c2CC(C)(C)CC3=O)ccc1C(N)=O)C[N+](C)(C)C. The largest absolute Gasteiger partial charge is 0.462 e. The number of nitrogens with zero attached hydrogens (tertiary/aromatic N) is 3. The molecule has 0 bridgehead atoms. The number of hydrogen-bond acceptors (Lipinski definition) is 7. The number of esters is 2. The molecule has 1 amide bonds. The molecular weight excluding hydrogens is 512 g/mol. The normalized spacial score (nSPS) is 20.4. The summed E-state index contributed by atoms with van der Waals surface area (Å²) in [6, 6.07) is 5.40.